The zero-order valence-electron chi connectivity index (χ0n) is 7.48. The van der Waals surface area contributed by atoms with Crippen molar-refractivity contribution in [3.63, 3.8) is 0 Å². The number of nitrogens with one attached hydrogen (secondary N) is 1. The minimum Gasteiger partial charge on any atom is -0.357 e. The van der Waals surface area contributed by atoms with Gasteiger partial charge in [-0.3, -0.25) is 0 Å². The van der Waals surface area contributed by atoms with E-state index in [9.17, 15) is 0 Å². The lowest BCUT2D eigenvalue weighted by atomic mass is 10.2. The van der Waals surface area contributed by atoms with E-state index in [4.69, 9.17) is 28.9 Å². The third-order valence-corrected chi connectivity index (χ3v) is 2.83. The molecule has 0 saturated heterocycles. The zero-order chi connectivity index (χ0) is 10.1. The van der Waals surface area contributed by atoms with E-state index < -0.39 is 0 Å². The van der Waals surface area contributed by atoms with Crippen molar-refractivity contribution in [3.8, 4) is 0 Å². The predicted molar refractivity (Wildman–Crippen MR) is 61.1 cm³/mol. The summed E-state index contributed by atoms with van der Waals surface area (Å²) in [5.74, 6) is 0. The van der Waals surface area contributed by atoms with Gasteiger partial charge in [-0.1, -0.05) is 23.2 Å². The minimum absolute atomic E-state index is 0.584. The van der Waals surface area contributed by atoms with E-state index in [1.54, 1.807) is 0 Å². The van der Waals surface area contributed by atoms with Crippen LogP contribution in [-0.2, 0) is 6.42 Å². The number of fused-ring (bicyclic) bond motifs is 1. The Morgan fingerprint density at radius 3 is 2.79 bits per heavy atom. The Labute approximate surface area is 92.0 Å². The molecule has 1 aromatic heterocycles. The molecule has 3 N–H and O–H groups in total. The van der Waals surface area contributed by atoms with E-state index >= 15 is 0 Å². The van der Waals surface area contributed by atoms with E-state index in [-0.39, 0.29) is 0 Å². The molecular formula is C10H10Cl2N2. The summed E-state index contributed by atoms with van der Waals surface area (Å²) in [4.78, 5) is 3.21. The normalized spacial score (nSPS) is 11.1. The lowest BCUT2D eigenvalue weighted by Gasteiger charge is -1.92. The van der Waals surface area contributed by atoms with Crippen LogP contribution in [0.25, 0.3) is 10.9 Å². The zero-order valence-corrected chi connectivity index (χ0v) is 8.99. The Kier molecular flexibility index (Phi) is 2.68. The first-order valence-corrected chi connectivity index (χ1v) is 5.13. The van der Waals surface area contributed by atoms with E-state index in [1.165, 1.54) is 0 Å². The number of nitrogens with two attached hydrogens (primary N) is 1. The number of halogens is 2. The van der Waals surface area contributed by atoms with Crippen LogP contribution in [0.5, 0.6) is 0 Å². The van der Waals surface area contributed by atoms with Crippen LogP contribution in [0.1, 0.15) is 5.69 Å². The van der Waals surface area contributed by atoms with Crippen molar-refractivity contribution in [2.45, 2.75) is 6.42 Å². The quantitative estimate of drug-likeness (QED) is 0.816. The highest BCUT2D eigenvalue weighted by molar-refractivity contribution is 6.37. The van der Waals surface area contributed by atoms with Gasteiger partial charge in [0.2, 0.25) is 0 Å². The van der Waals surface area contributed by atoms with Gasteiger partial charge < -0.3 is 10.7 Å². The smallest absolute Gasteiger partial charge is 0.0692 e. The maximum absolute atomic E-state index is 6.16. The SMILES string of the molecule is NCCc1[nH]c2cc(Cl)ccc2c1Cl. The van der Waals surface area contributed by atoms with Gasteiger partial charge in [0.05, 0.1) is 5.02 Å². The summed E-state index contributed by atoms with van der Waals surface area (Å²) in [5.41, 5.74) is 7.42. The van der Waals surface area contributed by atoms with E-state index in [1.807, 2.05) is 18.2 Å². The lowest BCUT2D eigenvalue weighted by Crippen LogP contribution is -2.02. The molecule has 0 bridgehead atoms. The molecule has 74 valence electrons. The fourth-order valence-corrected chi connectivity index (χ4v) is 1.99. The molecule has 2 rings (SSSR count). The second-order valence-electron chi connectivity index (χ2n) is 3.15. The molecule has 0 radical (unpaired) electrons. The predicted octanol–water partition coefficient (Wildman–Crippen LogP) is 2.98. The minimum atomic E-state index is 0.584. The van der Waals surface area contributed by atoms with Gasteiger partial charge in [0.15, 0.2) is 0 Å². The second-order valence-corrected chi connectivity index (χ2v) is 3.96. The third kappa shape index (κ3) is 1.61. The third-order valence-electron chi connectivity index (χ3n) is 2.16. The number of aromatic amines is 1. The summed E-state index contributed by atoms with van der Waals surface area (Å²) in [5, 5.41) is 2.45. The van der Waals surface area contributed by atoms with Crippen molar-refractivity contribution in [1.82, 2.24) is 4.98 Å². The fourth-order valence-electron chi connectivity index (χ4n) is 1.51. The molecule has 0 spiro atoms. The number of hydrogen-bond acceptors (Lipinski definition) is 1. The largest absolute Gasteiger partial charge is 0.357 e. The Balaban J connectivity index is 2.61. The molecule has 2 aromatic rings. The molecule has 0 aliphatic heterocycles. The van der Waals surface area contributed by atoms with Crippen LogP contribution in [0.4, 0.5) is 0 Å². The van der Waals surface area contributed by atoms with Gasteiger partial charge >= 0.3 is 0 Å². The molecule has 1 heterocycles. The average Bonchev–Trinajstić information content (AvgIpc) is 2.44. The summed E-state index contributed by atoms with van der Waals surface area (Å²) in [6.45, 7) is 0.584. The van der Waals surface area contributed by atoms with Crippen molar-refractivity contribution in [2.75, 3.05) is 6.54 Å². The molecule has 14 heavy (non-hydrogen) atoms. The molecule has 0 amide bonds. The van der Waals surface area contributed by atoms with Gasteiger partial charge in [-0.25, -0.2) is 0 Å². The summed E-state index contributed by atoms with van der Waals surface area (Å²) in [7, 11) is 0. The van der Waals surface area contributed by atoms with Gasteiger partial charge in [0.1, 0.15) is 0 Å². The molecule has 1 aromatic carbocycles. The first kappa shape index (κ1) is 9.84. The topological polar surface area (TPSA) is 41.8 Å². The highest BCUT2D eigenvalue weighted by Crippen LogP contribution is 2.29. The molecule has 0 saturated carbocycles. The summed E-state index contributed by atoms with van der Waals surface area (Å²) < 4.78 is 0. The lowest BCUT2D eigenvalue weighted by molar-refractivity contribution is 0.940. The van der Waals surface area contributed by atoms with Crippen molar-refractivity contribution in [3.05, 3.63) is 33.9 Å². The number of H-pyrrole nitrogens is 1. The number of benzene rings is 1. The van der Waals surface area contributed by atoms with Crippen LogP contribution in [0.15, 0.2) is 18.2 Å². The molecule has 0 fully saturated rings. The van der Waals surface area contributed by atoms with Crippen molar-refractivity contribution in [2.24, 2.45) is 5.73 Å². The Morgan fingerprint density at radius 1 is 1.29 bits per heavy atom. The highest BCUT2D eigenvalue weighted by atomic mass is 35.5. The van der Waals surface area contributed by atoms with Crippen LogP contribution in [0.2, 0.25) is 10.0 Å². The molecule has 4 heteroatoms. The van der Waals surface area contributed by atoms with Gasteiger partial charge in [-0.15, -0.1) is 0 Å². The fraction of sp³-hybridized carbons (Fsp3) is 0.200. The van der Waals surface area contributed by atoms with E-state index in [0.29, 0.717) is 11.6 Å². The molecular weight excluding hydrogens is 219 g/mol. The van der Waals surface area contributed by atoms with Crippen LogP contribution < -0.4 is 5.73 Å². The van der Waals surface area contributed by atoms with Crippen molar-refractivity contribution in [1.29, 1.82) is 0 Å². The van der Waals surface area contributed by atoms with Crippen molar-refractivity contribution >= 4 is 34.1 Å². The van der Waals surface area contributed by atoms with Crippen LogP contribution in [0.3, 0.4) is 0 Å². The van der Waals surface area contributed by atoms with Crippen molar-refractivity contribution < 1.29 is 0 Å². The Morgan fingerprint density at radius 2 is 2.07 bits per heavy atom. The number of hydrogen-bond donors (Lipinski definition) is 2. The Bertz CT molecular complexity index is 462. The van der Waals surface area contributed by atoms with Crippen LogP contribution in [-0.4, -0.2) is 11.5 Å². The van der Waals surface area contributed by atoms with Gasteiger partial charge in [0.25, 0.3) is 0 Å². The van der Waals surface area contributed by atoms with Crippen LogP contribution in [0, 0.1) is 0 Å². The summed E-state index contributed by atoms with van der Waals surface area (Å²) in [6, 6.07) is 5.61. The average molecular weight is 229 g/mol. The van der Waals surface area contributed by atoms with Gasteiger partial charge in [-0.2, -0.15) is 0 Å². The van der Waals surface area contributed by atoms with Gasteiger partial charge in [-0.05, 0) is 24.7 Å². The highest BCUT2D eigenvalue weighted by Gasteiger charge is 2.08. The first-order valence-electron chi connectivity index (χ1n) is 4.38. The van der Waals surface area contributed by atoms with Crippen LogP contribution >= 0.6 is 23.2 Å². The van der Waals surface area contributed by atoms with Gasteiger partial charge in [0, 0.05) is 28.0 Å². The number of rotatable bonds is 2. The maximum Gasteiger partial charge on any atom is 0.0692 e. The summed E-state index contributed by atoms with van der Waals surface area (Å²) >= 11 is 12.0. The molecule has 0 atom stereocenters. The maximum atomic E-state index is 6.16. The second kappa shape index (κ2) is 3.81. The molecule has 0 aliphatic rings. The first-order chi connectivity index (χ1) is 6.72. The molecule has 2 nitrogen and oxygen atoms in total. The summed E-state index contributed by atoms with van der Waals surface area (Å²) in [6.07, 6.45) is 0.755. The number of aromatic nitrogens is 1. The molecule has 0 unspecified atom stereocenters. The monoisotopic (exact) mass is 228 g/mol. The standard InChI is InChI=1S/C10H10Cl2N2/c11-6-1-2-7-9(5-6)14-8(3-4-13)10(7)12/h1-2,5,14H,3-4,13H2. The Hall–Kier alpha value is -0.700. The molecule has 0 aliphatic carbocycles. The van der Waals surface area contributed by atoms with E-state index in [2.05, 4.69) is 4.98 Å². The van der Waals surface area contributed by atoms with E-state index in [0.717, 1.165) is 28.0 Å².